The summed E-state index contributed by atoms with van der Waals surface area (Å²) in [4.78, 5) is 23.3. The number of nitrogens with one attached hydrogen (secondary N) is 1. The highest BCUT2D eigenvalue weighted by atomic mass is 32.2. The van der Waals surface area contributed by atoms with Crippen molar-refractivity contribution in [3.8, 4) is 0 Å². The van der Waals surface area contributed by atoms with Gasteiger partial charge in [0.15, 0.2) is 0 Å². The van der Waals surface area contributed by atoms with E-state index in [0.717, 1.165) is 15.7 Å². The number of carbonyl (C=O) groups excluding carboxylic acids is 1. The van der Waals surface area contributed by atoms with Crippen LogP contribution in [0.25, 0.3) is 10.8 Å². The van der Waals surface area contributed by atoms with E-state index in [-0.39, 0.29) is 17.3 Å². The summed E-state index contributed by atoms with van der Waals surface area (Å²) in [6.07, 6.45) is 0. The molecule has 3 aromatic carbocycles. The Morgan fingerprint density at radius 3 is 2.46 bits per heavy atom. The minimum Gasteiger partial charge on any atom is -0.325 e. The maximum atomic E-state index is 12.1. The van der Waals surface area contributed by atoms with E-state index in [1.165, 1.54) is 36.0 Å². The molecule has 0 fully saturated rings. The monoisotopic (exact) mass is 338 g/mol. The van der Waals surface area contributed by atoms with Crippen LogP contribution >= 0.6 is 11.8 Å². The number of hydrogen-bond acceptors (Lipinski definition) is 4. The minimum atomic E-state index is -0.470. The largest absolute Gasteiger partial charge is 0.325 e. The molecule has 0 saturated carbocycles. The predicted octanol–water partition coefficient (Wildman–Crippen LogP) is 4.48. The number of fused-ring (bicyclic) bond motifs is 1. The lowest BCUT2D eigenvalue weighted by molar-refractivity contribution is -0.384. The maximum absolute atomic E-state index is 12.1. The SMILES string of the molecule is O=C(CSc1cccc2ccccc12)Nc1ccc([N+](=O)[O-])cc1. The van der Waals surface area contributed by atoms with Crippen LogP contribution in [-0.2, 0) is 4.79 Å². The molecule has 5 nitrogen and oxygen atoms in total. The summed E-state index contributed by atoms with van der Waals surface area (Å²) in [5.41, 5.74) is 0.544. The Labute approximate surface area is 142 Å². The highest BCUT2D eigenvalue weighted by Crippen LogP contribution is 2.27. The van der Waals surface area contributed by atoms with Crippen molar-refractivity contribution in [3.05, 3.63) is 76.8 Å². The average molecular weight is 338 g/mol. The third-order valence-electron chi connectivity index (χ3n) is 3.47. The predicted molar refractivity (Wildman–Crippen MR) is 96.4 cm³/mol. The third kappa shape index (κ3) is 3.72. The van der Waals surface area contributed by atoms with E-state index >= 15 is 0 Å². The Kier molecular flexibility index (Phi) is 4.77. The van der Waals surface area contributed by atoms with Crippen molar-refractivity contribution in [2.24, 2.45) is 0 Å². The third-order valence-corrected chi connectivity index (χ3v) is 4.54. The second-order valence-electron chi connectivity index (χ2n) is 5.12. The van der Waals surface area contributed by atoms with E-state index in [9.17, 15) is 14.9 Å². The van der Waals surface area contributed by atoms with Crippen LogP contribution in [0.1, 0.15) is 0 Å². The topological polar surface area (TPSA) is 72.2 Å². The van der Waals surface area contributed by atoms with Crippen LogP contribution in [0.3, 0.4) is 0 Å². The van der Waals surface area contributed by atoms with Gasteiger partial charge in [0.25, 0.3) is 5.69 Å². The van der Waals surface area contributed by atoms with E-state index in [1.807, 2.05) is 42.5 Å². The van der Waals surface area contributed by atoms with Crippen LogP contribution in [0.2, 0.25) is 0 Å². The highest BCUT2D eigenvalue weighted by Gasteiger charge is 2.08. The molecule has 0 bridgehead atoms. The van der Waals surface area contributed by atoms with E-state index in [0.29, 0.717) is 5.69 Å². The Morgan fingerprint density at radius 2 is 1.71 bits per heavy atom. The lowest BCUT2D eigenvalue weighted by Crippen LogP contribution is -2.13. The summed E-state index contributed by atoms with van der Waals surface area (Å²) in [7, 11) is 0. The molecule has 0 heterocycles. The number of nitrogens with zero attached hydrogens (tertiary/aromatic N) is 1. The van der Waals surface area contributed by atoms with Gasteiger partial charge in [-0.1, -0.05) is 36.4 Å². The van der Waals surface area contributed by atoms with Gasteiger partial charge in [0.1, 0.15) is 0 Å². The number of rotatable bonds is 5. The molecule has 1 amide bonds. The van der Waals surface area contributed by atoms with Crippen LogP contribution in [0.4, 0.5) is 11.4 Å². The van der Waals surface area contributed by atoms with Crippen molar-refractivity contribution in [2.45, 2.75) is 4.90 Å². The molecule has 3 aromatic rings. The van der Waals surface area contributed by atoms with Gasteiger partial charge in [0.05, 0.1) is 10.7 Å². The molecule has 0 aromatic heterocycles. The van der Waals surface area contributed by atoms with Crippen LogP contribution in [0.15, 0.2) is 71.6 Å². The van der Waals surface area contributed by atoms with E-state index in [2.05, 4.69) is 5.32 Å². The molecule has 24 heavy (non-hydrogen) atoms. The molecule has 6 heteroatoms. The van der Waals surface area contributed by atoms with Crippen molar-refractivity contribution in [3.63, 3.8) is 0 Å². The van der Waals surface area contributed by atoms with Gasteiger partial charge >= 0.3 is 0 Å². The van der Waals surface area contributed by atoms with Crippen molar-refractivity contribution < 1.29 is 9.72 Å². The number of nitro groups is 1. The van der Waals surface area contributed by atoms with Gasteiger partial charge < -0.3 is 5.32 Å². The molecule has 0 radical (unpaired) electrons. The van der Waals surface area contributed by atoms with Gasteiger partial charge in [-0.25, -0.2) is 0 Å². The number of thioether (sulfide) groups is 1. The molecule has 1 N–H and O–H groups in total. The quantitative estimate of drug-likeness (QED) is 0.423. The summed E-state index contributed by atoms with van der Waals surface area (Å²) in [6, 6.07) is 19.8. The normalized spacial score (nSPS) is 10.5. The van der Waals surface area contributed by atoms with E-state index in [1.54, 1.807) is 0 Å². The molecular weight excluding hydrogens is 324 g/mol. The lowest BCUT2D eigenvalue weighted by Gasteiger charge is -2.07. The zero-order chi connectivity index (χ0) is 16.9. The van der Waals surface area contributed by atoms with Gasteiger partial charge in [-0.15, -0.1) is 11.8 Å². The number of non-ortho nitro benzene ring substituents is 1. The minimum absolute atomic E-state index is 0.00173. The Bertz CT molecular complexity index is 889. The van der Waals surface area contributed by atoms with Crippen LogP contribution < -0.4 is 5.32 Å². The zero-order valence-electron chi connectivity index (χ0n) is 12.6. The van der Waals surface area contributed by atoms with Gasteiger partial charge in [0.2, 0.25) is 5.91 Å². The first-order valence-corrected chi connectivity index (χ1v) is 8.27. The molecule has 0 atom stereocenters. The van der Waals surface area contributed by atoms with Crippen molar-refractivity contribution >= 4 is 39.8 Å². The van der Waals surface area contributed by atoms with Crippen LogP contribution in [0.5, 0.6) is 0 Å². The number of amides is 1. The molecule has 0 aliphatic heterocycles. The molecule has 0 aliphatic rings. The van der Waals surface area contributed by atoms with Gasteiger partial charge in [-0.05, 0) is 29.0 Å². The molecule has 3 rings (SSSR count). The first kappa shape index (κ1) is 16.0. The summed E-state index contributed by atoms with van der Waals surface area (Å²) in [6.45, 7) is 0. The molecular formula is C18H14N2O3S. The zero-order valence-corrected chi connectivity index (χ0v) is 13.5. The van der Waals surface area contributed by atoms with Crippen molar-refractivity contribution in [1.29, 1.82) is 0 Å². The Hall–Kier alpha value is -2.86. The standard InChI is InChI=1S/C18H14N2O3S/c21-18(19-14-8-10-15(11-9-14)20(22)23)12-24-17-7-3-5-13-4-1-2-6-16(13)17/h1-11H,12H2,(H,19,21). The average Bonchev–Trinajstić information content (AvgIpc) is 2.60. The molecule has 0 spiro atoms. The summed E-state index contributed by atoms with van der Waals surface area (Å²) >= 11 is 1.47. The summed E-state index contributed by atoms with van der Waals surface area (Å²) in [5, 5.41) is 15.6. The fourth-order valence-electron chi connectivity index (χ4n) is 2.33. The number of benzene rings is 3. The first-order chi connectivity index (χ1) is 11.6. The number of hydrogen-bond donors (Lipinski definition) is 1. The number of nitro benzene ring substituents is 1. The Balaban J connectivity index is 1.64. The maximum Gasteiger partial charge on any atom is 0.269 e. The summed E-state index contributed by atoms with van der Waals surface area (Å²) < 4.78 is 0. The van der Waals surface area contributed by atoms with Gasteiger partial charge in [-0.2, -0.15) is 0 Å². The van der Waals surface area contributed by atoms with E-state index in [4.69, 9.17) is 0 Å². The van der Waals surface area contributed by atoms with Crippen LogP contribution in [0, 0.1) is 10.1 Å². The molecule has 120 valence electrons. The van der Waals surface area contributed by atoms with Crippen LogP contribution in [-0.4, -0.2) is 16.6 Å². The molecule has 0 unspecified atom stereocenters. The highest BCUT2D eigenvalue weighted by molar-refractivity contribution is 8.00. The Morgan fingerprint density at radius 1 is 1.00 bits per heavy atom. The summed E-state index contributed by atoms with van der Waals surface area (Å²) in [5.74, 6) is 0.118. The fourth-order valence-corrected chi connectivity index (χ4v) is 3.20. The lowest BCUT2D eigenvalue weighted by atomic mass is 10.1. The second kappa shape index (κ2) is 7.14. The van der Waals surface area contributed by atoms with Crippen molar-refractivity contribution in [1.82, 2.24) is 0 Å². The molecule has 0 saturated heterocycles. The fraction of sp³-hybridized carbons (Fsp3) is 0.0556. The number of carbonyl (C=O) groups is 1. The number of anilines is 1. The van der Waals surface area contributed by atoms with Gasteiger partial charge in [0, 0.05) is 22.7 Å². The van der Waals surface area contributed by atoms with E-state index < -0.39 is 4.92 Å². The van der Waals surface area contributed by atoms with Gasteiger partial charge in [-0.3, -0.25) is 14.9 Å². The van der Waals surface area contributed by atoms with Crippen molar-refractivity contribution in [2.75, 3.05) is 11.1 Å². The smallest absolute Gasteiger partial charge is 0.269 e. The second-order valence-corrected chi connectivity index (χ2v) is 6.14. The molecule has 0 aliphatic carbocycles. The first-order valence-electron chi connectivity index (χ1n) is 7.28.